The number of aromatic nitrogens is 5. The van der Waals surface area contributed by atoms with Crippen LogP contribution in [0.25, 0.3) is 11.2 Å². The first-order valence-electron chi connectivity index (χ1n) is 9.76. The molecule has 0 aromatic carbocycles. The molecule has 32 heavy (non-hydrogen) atoms. The number of nitrogens with one attached hydrogen (secondary N) is 2. The Morgan fingerprint density at radius 1 is 1.06 bits per heavy atom. The minimum atomic E-state index is -0.113. The highest BCUT2D eigenvalue weighted by molar-refractivity contribution is 5.94. The number of carbonyl (C=O) groups excluding carboxylic acids is 1. The second kappa shape index (κ2) is 8.31. The molecule has 4 heterocycles. The van der Waals surface area contributed by atoms with Crippen molar-refractivity contribution in [1.29, 1.82) is 5.26 Å². The van der Waals surface area contributed by atoms with Gasteiger partial charge in [0.05, 0.1) is 29.5 Å². The van der Waals surface area contributed by atoms with Crippen LogP contribution >= 0.6 is 0 Å². The minimum Gasteiger partial charge on any atom is -0.345 e. The Bertz CT molecular complexity index is 1350. The van der Waals surface area contributed by atoms with Gasteiger partial charge in [-0.3, -0.25) is 4.79 Å². The summed E-state index contributed by atoms with van der Waals surface area (Å²) >= 11 is 0. The van der Waals surface area contributed by atoms with E-state index in [0.29, 0.717) is 39.7 Å². The molecule has 0 saturated carbocycles. The maximum absolute atomic E-state index is 12.1. The summed E-state index contributed by atoms with van der Waals surface area (Å²) in [5.41, 5.74) is 4.54. The second-order valence-electron chi connectivity index (χ2n) is 7.46. The highest BCUT2D eigenvalue weighted by Gasteiger charge is 2.13. The Balaban J connectivity index is 1.67. The number of anilines is 4. The van der Waals surface area contributed by atoms with E-state index in [1.807, 2.05) is 30.7 Å². The van der Waals surface area contributed by atoms with Crippen molar-refractivity contribution in [3.63, 3.8) is 0 Å². The smallest absolute Gasteiger partial charge is 0.254 e. The van der Waals surface area contributed by atoms with Gasteiger partial charge in [0.1, 0.15) is 28.9 Å². The quantitative estimate of drug-likeness (QED) is 0.498. The van der Waals surface area contributed by atoms with Gasteiger partial charge in [0.15, 0.2) is 5.65 Å². The van der Waals surface area contributed by atoms with Gasteiger partial charge in [-0.1, -0.05) is 0 Å². The Hall–Kier alpha value is -4.52. The number of hydrogen-bond donors (Lipinski definition) is 2. The first-order chi connectivity index (χ1) is 15.4. The van der Waals surface area contributed by atoms with Crippen molar-refractivity contribution in [1.82, 2.24) is 29.4 Å². The van der Waals surface area contributed by atoms with Crippen molar-refractivity contribution in [3.8, 4) is 6.07 Å². The molecule has 0 aliphatic rings. The maximum Gasteiger partial charge on any atom is 0.254 e. The molecule has 4 aromatic rings. The fraction of sp³-hybridized carbons (Fsp3) is 0.182. The van der Waals surface area contributed by atoms with Crippen molar-refractivity contribution in [2.24, 2.45) is 7.05 Å². The molecule has 0 aliphatic carbocycles. The third-order valence-corrected chi connectivity index (χ3v) is 4.84. The number of nitriles is 1. The Kier molecular flexibility index (Phi) is 5.39. The highest BCUT2D eigenvalue weighted by atomic mass is 16.2. The van der Waals surface area contributed by atoms with Crippen molar-refractivity contribution >= 4 is 40.1 Å². The number of pyridine rings is 3. The number of aryl methyl sites for hydroxylation is 2. The number of rotatable bonds is 5. The standard InChI is InChI=1S/C22H21N9O/c1-13-7-15(9-23)24-11-17(13)28-19-8-16(20-21(29-19)31(4)12-26-20)27-18-6-5-14(10-25-18)22(32)30(2)3/h5-8,10-12H,1-4H3,(H2,25,27,28,29). The monoisotopic (exact) mass is 427 g/mol. The van der Waals surface area contributed by atoms with E-state index in [9.17, 15) is 4.79 Å². The van der Waals surface area contributed by atoms with Crippen LogP contribution in [0.3, 0.4) is 0 Å². The van der Waals surface area contributed by atoms with Gasteiger partial charge in [-0.15, -0.1) is 0 Å². The van der Waals surface area contributed by atoms with Crippen LogP contribution in [-0.4, -0.2) is 49.4 Å². The first kappa shape index (κ1) is 20.7. The van der Waals surface area contributed by atoms with Crippen LogP contribution in [0.2, 0.25) is 0 Å². The third-order valence-electron chi connectivity index (χ3n) is 4.84. The summed E-state index contributed by atoms with van der Waals surface area (Å²) in [6.45, 7) is 1.90. The Morgan fingerprint density at radius 2 is 1.84 bits per heavy atom. The molecule has 0 radical (unpaired) electrons. The molecule has 2 N–H and O–H groups in total. The van der Waals surface area contributed by atoms with Gasteiger partial charge in [0.2, 0.25) is 0 Å². The van der Waals surface area contributed by atoms with E-state index in [0.717, 1.165) is 11.3 Å². The van der Waals surface area contributed by atoms with E-state index in [1.54, 1.807) is 44.8 Å². The molecule has 10 nitrogen and oxygen atoms in total. The molecule has 1 amide bonds. The number of amides is 1. The predicted octanol–water partition coefficient (Wildman–Crippen LogP) is 3.13. The van der Waals surface area contributed by atoms with E-state index in [2.05, 4.69) is 30.6 Å². The average molecular weight is 427 g/mol. The summed E-state index contributed by atoms with van der Waals surface area (Å²) in [5.74, 6) is 1.04. The molecule has 4 rings (SSSR count). The van der Waals surface area contributed by atoms with Crippen LogP contribution in [0.5, 0.6) is 0 Å². The van der Waals surface area contributed by atoms with Crippen LogP contribution in [0, 0.1) is 18.3 Å². The van der Waals surface area contributed by atoms with Gasteiger partial charge in [0.25, 0.3) is 5.91 Å². The van der Waals surface area contributed by atoms with E-state index in [-0.39, 0.29) is 5.91 Å². The van der Waals surface area contributed by atoms with E-state index >= 15 is 0 Å². The summed E-state index contributed by atoms with van der Waals surface area (Å²) < 4.78 is 1.82. The van der Waals surface area contributed by atoms with E-state index in [4.69, 9.17) is 5.26 Å². The van der Waals surface area contributed by atoms with Crippen LogP contribution in [0.1, 0.15) is 21.6 Å². The number of hydrogen-bond acceptors (Lipinski definition) is 8. The van der Waals surface area contributed by atoms with Crippen molar-refractivity contribution in [2.45, 2.75) is 6.92 Å². The summed E-state index contributed by atoms with van der Waals surface area (Å²) in [4.78, 5) is 31.2. The second-order valence-corrected chi connectivity index (χ2v) is 7.46. The topological polar surface area (TPSA) is 125 Å². The van der Waals surface area contributed by atoms with Gasteiger partial charge in [-0.05, 0) is 30.7 Å². The largest absolute Gasteiger partial charge is 0.345 e. The number of fused-ring (bicyclic) bond motifs is 1. The van der Waals surface area contributed by atoms with Gasteiger partial charge in [-0.2, -0.15) is 5.26 Å². The SMILES string of the molecule is Cc1cc(C#N)ncc1Nc1cc(Nc2ccc(C(=O)N(C)C)cn2)c2ncn(C)c2n1. The summed E-state index contributed by atoms with van der Waals surface area (Å²) in [5, 5.41) is 15.6. The lowest BCUT2D eigenvalue weighted by Crippen LogP contribution is -2.21. The molecular formula is C22H21N9O. The van der Waals surface area contributed by atoms with Gasteiger partial charge in [0, 0.05) is 33.4 Å². The van der Waals surface area contributed by atoms with E-state index < -0.39 is 0 Å². The molecule has 0 bridgehead atoms. The lowest BCUT2D eigenvalue weighted by Gasteiger charge is -2.13. The summed E-state index contributed by atoms with van der Waals surface area (Å²) in [6, 6.07) is 9.04. The van der Waals surface area contributed by atoms with Gasteiger partial charge >= 0.3 is 0 Å². The molecule has 0 atom stereocenters. The molecule has 0 spiro atoms. The minimum absolute atomic E-state index is 0.113. The molecular weight excluding hydrogens is 406 g/mol. The molecule has 0 fully saturated rings. The van der Waals surface area contributed by atoms with Crippen LogP contribution in [0.4, 0.5) is 23.0 Å². The van der Waals surface area contributed by atoms with Crippen LogP contribution < -0.4 is 10.6 Å². The predicted molar refractivity (Wildman–Crippen MR) is 121 cm³/mol. The zero-order valence-corrected chi connectivity index (χ0v) is 18.1. The zero-order valence-electron chi connectivity index (χ0n) is 18.1. The Labute approximate surface area is 184 Å². The molecule has 10 heteroatoms. The molecule has 0 aliphatic heterocycles. The molecule has 0 saturated heterocycles. The van der Waals surface area contributed by atoms with Gasteiger partial charge < -0.3 is 20.1 Å². The zero-order chi connectivity index (χ0) is 22.8. The fourth-order valence-electron chi connectivity index (χ4n) is 3.13. The van der Waals surface area contributed by atoms with Crippen molar-refractivity contribution < 1.29 is 4.79 Å². The lowest BCUT2D eigenvalue weighted by molar-refractivity contribution is 0.0827. The van der Waals surface area contributed by atoms with Crippen molar-refractivity contribution in [2.75, 3.05) is 24.7 Å². The molecule has 160 valence electrons. The average Bonchev–Trinajstić information content (AvgIpc) is 3.16. The fourth-order valence-corrected chi connectivity index (χ4v) is 3.13. The third kappa shape index (κ3) is 4.04. The number of nitrogens with zero attached hydrogens (tertiary/aromatic N) is 7. The normalized spacial score (nSPS) is 10.6. The highest BCUT2D eigenvalue weighted by Crippen LogP contribution is 2.28. The maximum atomic E-state index is 12.1. The molecule has 0 unspecified atom stereocenters. The van der Waals surface area contributed by atoms with Gasteiger partial charge in [-0.25, -0.2) is 19.9 Å². The lowest BCUT2D eigenvalue weighted by atomic mass is 10.2. The summed E-state index contributed by atoms with van der Waals surface area (Å²) in [6.07, 6.45) is 4.83. The first-order valence-corrected chi connectivity index (χ1v) is 9.76. The van der Waals surface area contributed by atoms with Crippen molar-refractivity contribution in [3.05, 3.63) is 59.8 Å². The number of imidazole rings is 1. The van der Waals surface area contributed by atoms with Crippen LogP contribution in [-0.2, 0) is 7.05 Å². The van der Waals surface area contributed by atoms with Crippen LogP contribution in [0.15, 0.2) is 43.0 Å². The Morgan fingerprint density at radius 3 is 2.50 bits per heavy atom. The number of carbonyl (C=O) groups is 1. The summed E-state index contributed by atoms with van der Waals surface area (Å²) in [7, 11) is 5.26. The van der Waals surface area contributed by atoms with E-state index in [1.165, 1.54) is 11.1 Å². The molecule has 4 aromatic heterocycles.